The maximum Gasteiger partial charge on any atom is 0.255 e. The number of hydrogen-bond acceptors (Lipinski definition) is 3. The molecule has 4 heteroatoms. The van der Waals surface area contributed by atoms with Gasteiger partial charge in [-0.15, -0.1) is 0 Å². The number of nitrogens with one attached hydrogen (secondary N) is 1. The minimum Gasteiger partial charge on any atom is -0.494 e. The van der Waals surface area contributed by atoms with Gasteiger partial charge < -0.3 is 14.6 Å². The molecule has 0 aliphatic rings. The van der Waals surface area contributed by atoms with Crippen LogP contribution in [-0.2, 0) is 13.6 Å². The second-order valence-electron chi connectivity index (χ2n) is 5.26. The number of hydrogen-bond donors (Lipinski definition) is 1. The number of rotatable bonds is 7. The van der Waals surface area contributed by atoms with Crippen molar-refractivity contribution in [2.24, 2.45) is 7.05 Å². The van der Waals surface area contributed by atoms with Crippen molar-refractivity contribution in [2.75, 3.05) is 13.2 Å². The number of nitrogens with zero attached hydrogens (tertiary/aromatic N) is 1. The van der Waals surface area contributed by atoms with Crippen LogP contribution in [0.25, 0.3) is 11.3 Å². The smallest absolute Gasteiger partial charge is 0.255 e. The van der Waals surface area contributed by atoms with Crippen molar-refractivity contribution in [1.29, 1.82) is 0 Å². The van der Waals surface area contributed by atoms with E-state index < -0.39 is 0 Å². The zero-order chi connectivity index (χ0) is 15.9. The molecule has 4 nitrogen and oxygen atoms in total. The van der Waals surface area contributed by atoms with Gasteiger partial charge in [0.15, 0.2) is 0 Å². The first-order chi connectivity index (χ1) is 10.7. The van der Waals surface area contributed by atoms with Crippen LogP contribution < -0.4 is 15.6 Å². The van der Waals surface area contributed by atoms with Gasteiger partial charge in [0, 0.05) is 24.7 Å². The van der Waals surface area contributed by atoms with E-state index in [4.69, 9.17) is 4.74 Å². The van der Waals surface area contributed by atoms with Crippen LogP contribution in [0.4, 0.5) is 0 Å². The maximum atomic E-state index is 12.4. The Hall–Kier alpha value is -2.07. The molecule has 2 rings (SSSR count). The van der Waals surface area contributed by atoms with Crippen LogP contribution in [0.5, 0.6) is 5.75 Å². The first-order valence-corrected chi connectivity index (χ1v) is 7.80. The highest BCUT2D eigenvalue weighted by atomic mass is 16.5. The fraction of sp³-hybridized carbons (Fsp3) is 0.389. The van der Waals surface area contributed by atoms with Crippen molar-refractivity contribution in [3.05, 3.63) is 52.3 Å². The highest BCUT2D eigenvalue weighted by Gasteiger charge is 2.08. The third-order valence-corrected chi connectivity index (χ3v) is 3.55. The van der Waals surface area contributed by atoms with E-state index in [1.54, 1.807) is 4.57 Å². The Kier molecular flexibility index (Phi) is 5.78. The number of pyridine rings is 1. The minimum atomic E-state index is 0.0401. The molecule has 0 bridgehead atoms. The molecule has 0 fully saturated rings. The van der Waals surface area contributed by atoms with Crippen LogP contribution in [0.1, 0.15) is 25.8 Å². The van der Waals surface area contributed by atoms with Crippen LogP contribution in [0.3, 0.4) is 0 Å². The lowest BCUT2D eigenvalue weighted by Gasteiger charge is -2.12. The van der Waals surface area contributed by atoms with Crippen molar-refractivity contribution in [1.82, 2.24) is 9.88 Å². The molecular weight excluding hydrogens is 276 g/mol. The van der Waals surface area contributed by atoms with Gasteiger partial charge in [-0.3, -0.25) is 4.79 Å². The van der Waals surface area contributed by atoms with Crippen molar-refractivity contribution in [3.8, 4) is 17.0 Å². The third-order valence-electron chi connectivity index (χ3n) is 3.55. The standard InChI is InChI=1S/C18H24N2O2/c1-4-11-22-16-8-6-7-14(12-16)17-10-9-15(13-19-5-2)18(21)20(17)3/h6-10,12,19H,4-5,11,13H2,1-3H3. The van der Waals surface area contributed by atoms with Gasteiger partial charge in [0.2, 0.25) is 0 Å². The molecule has 0 amide bonds. The van der Waals surface area contributed by atoms with Crippen LogP contribution in [-0.4, -0.2) is 17.7 Å². The lowest BCUT2D eigenvalue weighted by atomic mass is 10.1. The van der Waals surface area contributed by atoms with Crippen molar-refractivity contribution >= 4 is 0 Å². The zero-order valence-corrected chi connectivity index (χ0v) is 13.6. The van der Waals surface area contributed by atoms with Crippen molar-refractivity contribution in [3.63, 3.8) is 0 Å². The molecule has 1 heterocycles. The number of ether oxygens (including phenoxy) is 1. The van der Waals surface area contributed by atoms with Crippen molar-refractivity contribution < 1.29 is 4.74 Å². The predicted octanol–water partition coefficient (Wildman–Crippen LogP) is 2.95. The molecule has 0 radical (unpaired) electrons. The highest BCUT2D eigenvalue weighted by Crippen LogP contribution is 2.23. The van der Waals surface area contributed by atoms with Gasteiger partial charge >= 0.3 is 0 Å². The first kappa shape index (κ1) is 16.3. The van der Waals surface area contributed by atoms with E-state index in [0.717, 1.165) is 35.5 Å². The van der Waals surface area contributed by atoms with Crippen LogP contribution in [0.15, 0.2) is 41.2 Å². The maximum absolute atomic E-state index is 12.4. The highest BCUT2D eigenvalue weighted by molar-refractivity contribution is 5.61. The molecule has 0 aliphatic carbocycles. The summed E-state index contributed by atoms with van der Waals surface area (Å²) in [6, 6.07) is 11.8. The van der Waals surface area contributed by atoms with E-state index >= 15 is 0 Å². The van der Waals surface area contributed by atoms with Gasteiger partial charge in [-0.1, -0.05) is 32.0 Å². The summed E-state index contributed by atoms with van der Waals surface area (Å²) >= 11 is 0. The minimum absolute atomic E-state index is 0.0401. The Morgan fingerprint density at radius 2 is 2.00 bits per heavy atom. The molecular formula is C18H24N2O2. The molecule has 0 unspecified atom stereocenters. The molecule has 0 saturated carbocycles. The monoisotopic (exact) mass is 300 g/mol. The SMILES string of the molecule is CCCOc1cccc(-c2ccc(CNCC)c(=O)n2C)c1. The second-order valence-corrected chi connectivity index (χ2v) is 5.26. The van der Waals surface area contributed by atoms with Gasteiger partial charge in [-0.2, -0.15) is 0 Å². The van der Waals surface area contributed by atoms with Gasteiger partial charge in [0.25, 0.3) is 5.56 Å². The summed E-state index contributed by atoms with van der Waals surface area (Å²) in [4.78, 5) is 12.4. The molecule has 22 heavy (non-hydrogen) atoms. The van der Waals surface area contributed by atoms with Crippen LogP contribution in [0.2, 0.25) is 0 Å². The van der Waals surface area contributed by atoms with Crippen LogP contribution in [0, 0.1) is 0 Å². The summed E-state index contributed by atoms with van der Waals surface area (Å²) in [5.74, 6) is 0.837. The average molecular weight is 300 g/mol. The quantitative estimate of drug-likeness (QED) is 0.855. The molecule has 0 atom stereocenters. The molecule has 1 aromatic heterocycles. The Labute approximate surface area is 131 Å². The lowest BCUT2D eigenvalue weighted by molar-refractivity contribution is 0.317. The van der Waals surface area contributed by atoms with Gasteiger partial charge in [0.1, 0.15) is 5.75 Å². The molecule has 1 aromatic carbocycles. The molecule has 1 N–H and O–H groups in total. The van der Waals surface area contributed by atoms with Gasteiger partial charge in [-0.05, 0) is 31.2 Å². The van der Waals surface area contributed by atoms with Gasteiger partial charge in [-0.25, -0.2) is 0 Å². The number of benzene rings is 1. The normalized spacial score (nSPS) is 10.7. The summed E-state index contributed by atoms with van der Waals surface area (Å²) in [5.41, 5.74) is 2.71. The zero-order valence-electron chi connectivity index (χ0n) is 13.6. The topological polar surface area (TPSA) is 43.3 Å². The molecule has 2 aromatic rings. The fourth-order valence-electron chi connectivity index (χ4n) is 2.34. The fourth-order valence-corrected chi connectivity index (χ4v) is 2.34. The largest absolute Gasteiger partial charge is 0.494 e. The molecule has 118 valence electrons. The summed E-state index contributed by atoms with van der Waals surface area (Å²) in [5, 5.41) is 3.19. The summed E-state index contributed by atoms with van der Waals surface area (Å²) in [6.07, 6.45) is 0.974. The third kappa shape index (κ3) is 3.77. The Balaban J connectivity index is 2.33. The molecule has 0 spiro atoms. The second kappa shape index (κ2) is 7.80. The van der Waals surface area contributed by atoms with E-state index in [1.165, 1.54) is 0 Å². The Morgan fingerprint density at radius 1 is 1.18 bits per heavy atom. The Morgan fingerprint density at radius 3 is 2.73 bits per heavy atom. The van der Waals surface area contributed by atoms with Crippen molar-refractivity contribution in [2.45, 2.75) is 26.8 Å². The van der Waals surface area contributed by atoms with E-state index in [-0.39, 0.29) is 5.56 Å². The molecule has 0 saturated heterocycles. The van der Waals surface area contributed by atoms with Gasteiger partial charge in [0.05, 0.1) is 12.3 Å². The van der Waals surface area contributed by atoms with Crippen LogP contribution >= 0.6 is 0 Å². The lowest BCUT2D eigenvalue weighted by Crippen LogP contribution is -2.26. The van der Waals surface area contributed by atoms with E-state index in [0.29, 0.717) is 13.2 Å². The Bertz CT molecular complexity index is 677. The molecule has 0 aliphatic heterocycles. The summed E-state index contributed by atoms with van der Waals surface area (Å²) in [7, 11) is 1.81. The summed E-state index contributed by atoms with van der Waals surface area (Å²) in [6.45, 7) is 6.26. The summed E-state index contributed by atoms with van der Waals surface area (Å²) < 4.78 is 7.37. The number of aromatic nitrogens is 1. The van der Waals surface area contributed by atoms with E-state index in [1.807, 2.05) is 50.4 Å². The van der Waals surface area contributed by atoms with E-state index in [9.17, 15) is 4.79 Å². The predicted molar refractivity (Wildman–Crippen MR) is 90.3 cm³/mol. The average Bonchev–Trinajstić information content (AvgIpc) is 2.54. The van der Waals surface area contributed by atoms with E-state index in [2.05, 4.69) is 12.2 Å². The first-order valence-electron chi connectivity index (χ1n) is 7.80.